The van der Waals surface area contributed by atoms with E-state index >= 15 is 0 Å². The first-order valence-corrected chi connectivity index (χ1v) is 9.90. The van der Waals surface area contributed by atoms with E-state index in [4.69, 9.17) is 0 Å². The van der Waals surface area contributed by atoms with Crippen LogP contribution >= 0.6 is 0 Å². The SMILES string of the molecule is O=C1CCC(N2Cc3ccc(CNC4(C(F)F)CCNCC4)cc3C2=O)C(=O)N1. The second-order valence-electron chi connectivity index (χ2n) is 7.95. The highest BCUT2D eigenvalue weighted by Gasteiger charge is 2.41. The van der Waals surface area contributed by atoms with Crippen LogP contribution in [0.2, 0.25) is 0 Å². The average Bonchev–Trinajstić information content (AvgIpc) is 3.03. The molecule has 4 rings (SSSR count). The number of hydrogen-bond donors (Lipinski definition) is 3. The third-order valence-electron chi connectivity index (χ3n) is 6.15. The van der Waals surface area contributed by atoms with Gasteiger partial charge in [-0.05, 0) is 49.5 Å². The van der Waals surface area contributed by atoms with Gasteiger partial charge in [-0.3, -0.25) is 19.7 Å². The summed E-state index contributed by atoms with van der Waals surface area (Å²) in [6, 6.07) is 4.70. The van der Waals surface area contributed by atoms with Gasteiger partial charge in [0.05, 0.1) is 5.54 Å². The molecule has 1 aromatic carbocycles. The molecule has 0 radical (unpaired) electrons. The first-order chi connectivity index (χ1) is 13.9. The van der Waals surface area contributed by atoms with Crippen LogP contribution in [0, 0.1) is 0 Å². The lowest BCUT2D eigenvalue weighted by Gasteiger charge is -2.38. The van der Waals surface area contributed by atoms with Gasteiger partial charge in [0.15, 0.2) is 0 Å². The fourth-order valence-corrected chi connectivity index (χ4v) is 4.33. The van der Waals surface area contributed by atoms with Crippen molar-refractivity contribution in [3.05, 3.63) is 34.9 Å². The standard InChI is InChI=1S/C20H24F2N4O3/c21-19(22)20(5-7-23-8-6-20)24-10-12-1-2-13-11-26(18(29)14(13)9-12)15-3-4-16(27)25-17(15)28/h1-2,9,15,19,23-24H,3-8,10-11H2,(H,25,27,28). The molecular formula is C20H24F2N4O3. The van der Waals surface area contributed by atoms with Gasteiger partial charge in [0.2, 0.25) is 11.8 Å². The summed E-state index contributed by atoms with van der Waals surface area (Å²) in [6.07, 6.45) is -1.26. The molecular weight excluding hydrogens is 382 g/mol. The molecule has 1 unspecified atom stereocenters. The predicted octanol–water partition coefficient (Wildman–Crippen LogP) is 0.925. The molecule has 29 heavy (non-hydrogen) atoms. The Bertz CT molecular complexity index is 839. The van der Waals surface area contributed by atoms with Gasteiger partial charge in [0.25, 0.3) is 12.3 Å². The number of amides is 3. The van der Waals surface area contributed by atoms with Crippen molar-refractivity contribution in [2.45, 2.75) is 56.8 Å². The molecule has 0 spiro atoms. The Balaban J connectivity index is 1.46. The van der Waals surface area contributed by atoms with Crippen molar-refractivity contribution in [2.24, 2.45) is 0 Å². The van der Waals surface area contributed by atoms with Gasteiger partial charge >= 0.3 is 0 Å². The summed E-state index contributed by atoms with van der Waals surface area (Å²) in [4.78, 5) is 37.8. The summed E-state index contributed by atoms with van der Waals surface area (Å²) in [6.45, 7) is 1.63. The fourth-order valence-electron chi connectivity index (χ4n) is 4.33. The van der Waals surface area contributed by atoms with E-state index in [1.165, 1.54) is 4.90 Å². The molecule has 1 aromatic rings. The maximum Gasteiger partial charge on any atom is 0.256 e. The van der Waals surface area contributed by atoms with Crippen molar-refractivity contribution >= 4 is 17.7 Å². The van der Waals surface area contributed by atoms with Crippen molar-refractivity contribution in [1.29, 1.82) is 0 Å². The van der Waals surface area contributed by atoms with Crippen LogP contribution in [0.5, 0.6) is 0 Å². The molecule has 0 aromatic heterocycles. The Morgan fingerprint density at radius 3 is 2.66 bits per heavy atom. The number of hydrogen-bond acceptors (Lipinski definition) is 5. The summed E-state index contributed by atoms with van der Waals surface area (Å²) < 4.78 is 27.3. The number of fused-ring (bicyclic) bond motifs is 1. The number of nitrogens with zero attached hydrogens (tertiary/aromatic N) is 1. The maximum absolute atomic E-state index is 13.7. The molecule has 3 heterocycles. The number of alkyl halides is 2. The lowest BCUT2D eigenvalue weighted by molar-refractivity contribution is -0.136. The average molecular weight is 406 g/mol. The predicted molar refractivity (Wildman–Crippen MR) is 100 cm³/mol. The third-order valence-corrected chi connectivity index (χ3v) is 6.15. The molecule has 3 amide bonds. The quantitative estimate of drug-likeness (QED) is 0.633. The van der Waals surface area contributed by atoms with Gasteiger partial charge < -0.3 is 15.5 Å². The first kappa shape index (κ1) is 19.9. The van der Waals surface area contributed by atoms with Gasteiger partial charge in [0, 0.05) is 25.1 Å². The van der Waals surface area contributed by atoms with Gasteiger partial charge in [-0.2, -0.15) is 0 Å². The Labute approximate surface area is 167 Å². The molecule has 0 bridgehead atoms. The highest BCUT2D eigenvalue weighted by molar-refractivity contribution is 6.05. The number of imide groups is 1. The van der Waals surface area contributed by atoms with Crippen LogP contribution in [-0.4, -0.2) is 53.7 Å². The number of rotatable bonds is 5. The summed E-state index contributed by atoms with van der Waals surface area (Å²) in [5.74, 6) is -1.04. The monoisotopic (exact) mass is 406 g/mol. The largest absolute Gasteiger partial charge is 0.322 e. The van der Waals surface area contributed by atoms with Crippen molar-refractivity contribution in [2.75, 3.05) is 13.1 Å². The minimum absolute atomic E-state index is 0.205. The molecule has 1 atom stereocenters. The van der Waals surface area contributed by atoms with E-state index in [1.807, 2.05) is 12.1 Å². The molecule has 0 saturated carbocycles. The van der Waals surface area contributed by atoms with Gasteiger partial charge in [-0.25, -0.2) is 8.78 Å². The van der Waals surface area contributed by atoms with Crippen molar-refractivity contribution in [3.63, 3.8) is 0 Å². The highest BCUT2D eigenvalue weighted by Crippen LogP contribution is 2.30. The van der Waals surface area contributed by atoms with Crippen LogP contribution in [0.25, 0.3) is 0 Å². The highest BCUT2D eigenvalue weighted by atomic mass is 19.3. The molecule has 3 aliphatic heterocycles. The van der Waals surface area contributed by atoms with E-state index in [0.29, 0.717) is 44.5 Å². The van der Waals surface area contributed by atoms with Crippen molar-refractivity contribution in [3.8, 4) is 0 Å². The van der Waals surface area contributed by atoms with Gasteiger partial charge in [0.1, 0.15) is 6.04 Å². The van der Waals surface area contributed by atoms with E-state index in [2.05, 4.69) is 16.0 Å². The summed E-state index contributed by atoms with van der Waals surface area (Å²) in [7, 11) is 0. The van der Waals surface area contributed by atoms with E-state index < -0.39 is 23.9 Å². The van der Waals surface area contributed by atoms with Gasteiger partial charge in [-0.15, -0.1) is 0 Å². The van der Waals surface area contributed by atoms with Crippen LogP contribution in [0.3, 0.4) is 0 Å². The Kier molecular flexibility index (Phi) is 5.35. The number of carbonyl (C=O) groups is 3. The number of benzene rings is 1. The van der Waals surface area contributed by atoms with Gasteiger partial charge in [-0.1, -0.05) is 12.1 Å². The maximum atomic E-state index is 13.7. The van der Waals surface area contributed by atoms with Crippen LogP contribution < -0.4 is 16.0 Å². The third kappa shape index (κ3) is 3.76. The van der Waals surface area contributed by atoms with E-state index in [0.717, 1.165) is 11.1 Å². The van der Waals surface area contributed by atoms with E-state index in [1.54, 1.807) is 6.07 Å². The minimum Gasteiger partial charge on any atom is -0.322 e. The Morgan fingerprint density at radius 1 is 1.21 bits per heavy atom. The minimum atomic E-state index is -2.47. The smallest absolute Gasteiger partial charge is 0.256 e. The lowest BCUT2D eigenvalue weighted by Crippen LogP contribution is -2.56. The second kappa shape index (κ2) is 7.79. The Morgan fingerprint density at radius 2 is 1.97 bits per heavy atom. The zero-order chi connectivity index (χ0) is 20.6. The van der Waals surface area contributed by atoms with Crippen LogP contribution in [0.15, 0.2) is 18.2 Å². The van der Waals surface area contributed by atoms with Crippen molar-refractivity contribution < 1.29 is 23.2 Å². The summed E-state index contributed by atoms with van der Waals surface area (Å²) >= 11 is 0. The number of halogens is 2. The number of nitrogens with one attached hydrogen (secondary N) is 3. The molecule has 2 fully saturated rings. The number of carbonyl (C=O) groups excluding carboxylic acids is 3. The van der Waals surface area contributed by atoms with Crippen LogP contribution in [0.4, 0.5) is 8.78 Å². The normalized spacial score (nSPS) is 24.0. The number of piperidine rings is 2. The molecule has 0 aliphatic carbocycles. The zero-order valence-electron chi connectivity index (χ0n) is 16.0. The molecule has 3 N–H and O–H groups in total. The van der Waals surface area contributed by atoms with Crippen LogP contribution in [-0.2, 0) is 22.7 Å². The van der Waals surface area contributed by atoms with E-state index in [-0.39, 0.29) is 24.8 Å². The molecule has 7 nitrogen and oxygen atoms in total. The molecule has 9 heteroatoms. The first-order valence-electron chi connectivity index (χ1n) is 9.90. The summed E-state index contributed by atoms with van der Waals surface area (Å²) in [5.41, 5.74) is 0.826. The Hall–Kier alpha value is -2.39. The molecule has 156 valence electrons. The second-order valence-corrected chi connectivity index (χ2v) is 7.95. The zero-order valence-corrected chi connectivity index (χ0v) is 16.0. The fraction of sp³-hybridized carbons (Fsp3) is 0.550. The van der Waals surface area contributed by atoms with E-state index in [9.17, 15) is 23.2 Å². The summed E-state index contributed by atoms with van der Waals surface area (Å²) in [5, 5.41) is 8.40. The lowest BCUT2D eigenvalue weighted by atomic mass is 9.88. The van der Waals surface area contributed by atoms with Crippen LogP contribution in [0.1, 0.15) is 47.2 Å². The molecule has 3 aliphatic rings. The topological polar surface area (TPSA) is 90.5 Å². The molecule has 2 saturated heterocycles. The van der Waals surface area contributed by atoms with Crippen molar-refractivity contribution in [1.82, 2.24) is 20.9 Å².